The standard InChI is InChI=1S/C17H21N3O/c1-4-15(13-8-6-5-7-9-13)20-17(21)14-10-12(2)19-16(11-14)18-3/h5-11,15H,4H2,1-3H3,(H,18,19)(H,20,21). The highest BCUT2D eigenvalue weighted by Crippen LogP contribution is 2.17. The number of carbonyl (C=O) groups excluding carboxylic acids is 1. The Hall–Kier alpha value is -2.36. The number of rotatable bonds is 5. The number of aryl methyl sites for hydroxylation is 1. The monoisotopic (exact) mass is 283 g/mol. The van der Waals surface area contributed by atoms with Crippen LogP contribution in [0.4, 0.5) is 5.82 Å². The topological polar surface area (TPSA) is 54.0 Å². The predicted molar refractivity (Wildman–Crippen MR) is 85.5 cm³/mol. The maximum atomic E-state index is 12.4. The highest BCUT2D eigenvalue weighted by atomic mass is 16.1. The van der Waals surface area contributed by atoms with E-state index < -0.39 is 0 Å². The average Bonchev–Trinajstić information content (AvgIpc) is 2.52. The molecule has 1 atom stereocenters. The number of hydrogen-bond donors (Lipinski definition) is 2. The summed E-state index contributed by atoms with van der Waals surface area (Å²) in [6, 6.07) is 13.6. The zero-order valence-corrected chi connectivity index (χ0v) is 12.7. The van der Waals surface area contributed by atoms with Crippen LogP contribution in [0.3, 0.4) is 0 Å². The molecular formula is C17H21N3O. The number of amides is 1. The SMILES string of the molecule is CCC(NC(=O)c1cc(C)nc(NC)c1)c1ccccc1. The Morgan fingerprint density at radius 3 is 2.57 bits per heavy atom. The Bertz CT molecular complexity index is 611. The number of benzene rings is 1. The first-order chi connectivity index (χ1) is 10.1. The van der Waals surface area contributed by atoms with Crippen molar-refractivity contribution in [2.75, 3.05) is 12.4 Å². The van der Waals surface area contributed by atoms with Crippen molar-refractivity contribution in [3.05, 3.63) is 59.3 Å². The van der Waals surface area contributed by atoms with Crippen LogP contribution in [0.2, 0.25) is 0 Å². The Balaban J connectivity index is 2.18. The summed E-state index contributed by atoms with van der Waals surface area (Å²) in [6.45, 7) is 3.95. The molecule has 0 aliphatic rings. The number of aromatic nitrogens is 1. The van der Waals surface area contributed by atoms with Gasteiger partial charge in [-0.05, 0) is 31.0 Å². The predicted octanol–water partition coefficient (Wildman–Crippen LogP) is 3.31. The maximum absolute atomic E-state index is 12.4. The van der Waals surface area contributed by atoms with E-state index in [1.807, 2.05) is 37.3 Å². The summed E-state index contributed by atoms with van der Waals surface area (Å²) in [6.07, 6.45) is 0.846. The summed E-state index contributed by atoms with van der Waals surface area (Å²) >= 11 is 0. The van der Waals surface area contributed by atoms with Crippen LogP contribution in [0.15, 0.2) is 42.5 Å². The molecule has 0 saturated heterocycles. The van der Waals surface area contributed by atoms with E-state index >= 15 is 0 Å². The van der Waals surface area contributed by atoms with Crippen molar-refractivity contribution in [3.63, 3.8) is 0 Å². The smallest absolute Gasteiger partial charge is 0.251 e. The average molecular weight is 283 g/mol. The molecule has 1 aromatic heterocycles. The molecule has 1 unspecified atom stereocenters. The summed E-state index contributed by atoms with van der Waals surface area (Å²) in [5.74, 6) is 0.626. The molecule has 2 aromatic rings. The third-order valence-electron chi connectivity index (χ3n) is 3.39. The fourth-order valence-electron chi connectivity index (χ4n) is 2.28. The van der Waals surface area contributed by atoms with Crippen LogP contribution >= 0.6 is 0 Å². The van der Waals surface area contributed by atoms with Crippen LogP contribution in [-0.2, 0) is 0 Å². The van der Waals surface area contributed by atoms with Gasteiger partial charge >= 0.3 is 0 Å². The minimum atomic E-state index is -0.0762. The van der Waals surface area contributed by atoms with Gasteiger partial charge in [-0.3, -0.25) is 4.79 Å². The number of carbonyl (C=O) groups is 1. The van der Waals surface area contributed by atoms with Crippen LogP contribution in [0.25, 0.3) is 0 Å². The third kappa shape index (κ3) is 3.81. The normalized spacial score (nSPS) is 11.8. The van der Waals surface area contributed by atoms with E-state index in [2.05, 4.69) is 22.5 Å². The van der Waals surface area contributed by atoms with E-state index in [0.717, 1.165) is 17.7 Å². The van der Waals surface area contributed by atoms with E-state index in [1.165, 1.54) is 0 Å². The van der Waals surface area contributed by atoms with E-state index in [9.17, 15) is 4.79 Å². The molecule has 21 heavy (non-hydrogen) atoms. The molecule has 0 aliphatic carbocycles. The molecule has 1 aromatic carbocycles. The van der Waals surface area contributed by atoms with E-state index in [1.54, 1.807) is 19.2 Å². The van der Waals surface area contributed by atoms with Gasteiger partial charge in [0, 0.05) is 18.3 Å². The molecule has 0 fully saturated rings. The van der Waals surface area contributed by atoms with Crippen molar-refractivity contribution >= 4 is 11.7 Å². The molecule has 1 heterocycles. The molecular weight excluding hydrogens is 262 g/mol. The number of anilines is 1. The third-order valence-corrected chi connectivity index (χ3v) is 3.39. The fourth-order valence-corrected chi connectivity index (χ4v) is 2.28. The number of pyridine rings is 1. The van der Waals surface area contributed by atoms with Gasteiger partial charge < -0.3 is 10.6 Å². The molecule has 4 heteroatoms. The van der Waals surface area contributed by atoms with Crippen molar-refractivity contribution < 1.29 is 4.79 Å². The zero-order valence-electron chi connectivity index (χ0n) is 12.7. The summed E-state index contributed by atoms with van der Waals surface area (Å²) in [5, 5.41) is 6.05. The molecule has 0 radical (unpaired) electrons. The van der Waals surface area contributed by atoms with Crippen molar-refractivity contribution in [2.45, 2.75) is 26.3 Å². The first kappa shape index (κ1) is 15.0. The molecule has 110 valence electrons. The Morgan fingerprint density at radius 1 is 1.24 bits per heavy atom. The minimum Gasteiger partial charge on any atom is -0.373 e. The van der Waals surface area contributed by atoms with Crippen molar-refractivity contribution in [2.24, 2.45) is 0 Å². The van der Waals surface area contributed by atoms with Gasteiger partial charge in [0.25, 0.3) is 5.91 Å². The van der Waals surface area contributed by atoms with Crippen LogP contribution in [-0.4, -0.2) is 17.9 Å². The van der Waals surface area contributed by atoms with Crippen LogP contribution in [0.1, 0.15) is 41.0 Å². The highest BCUT2D eigenvalue weighted by molar-refractivity contribution is 5.95. The molecule has 0 spiro atoms. The van der Waals surface area contributed by atoms with Gasteiger partial charge in [0.15, 0.2) is 0 Å². The molecule has 2 N–H and O–H groups in total. The van der Waals surface area contributed by atoms with Crippen molar-refractivity contribution in [1.82, 2.24) is 10.3 Å². The van der Waals surface area contributed by atoms with E-state index in [4.69, 9.17) is 0 Å². The Morgan fingerprint density at radius 2 is 1.95 bits per heavy atom. The second kappa shape index (κ2) is 6.88. The van der Waals surface area contributed by atoms with Gasteiger partial charge in [-0.2, -0.15) is 0 Å². The summed E-state index contributed by atoms with van der Waals surface area (Å²) in [5.41, 5.74) is 2.56. The largest absolute Gasteiger partial charge is 0.373 e. The lowest BCUT2D eigenvalue weighted by Crippen LogP contribution is -2.28. The van der Waals surface area contributed by atoms with Gasteiger partial charge in [0.05, 0.1) is 6.04 Å². The summed E-state index contributed by atoms with van der Waals surface area (Å²) in [4.78, 5) is 16.7. The number of nitrogens with zero attached hydrogens (tertiary/aromatic N) is 1. The van der Waals surface area contributed by atoms with Gasteiger partial charge in [-0.15, -0.1) is 0 Å². The van der Waals surface area contributed by atoms with E-state index in [-0.39, 0.29) is 11.9 Å². The number of hydrogen-bond acceptors (Lipinski definition) is 3. The van der Waals surface area contributed by atoms with Crippen molar-refractivity contribution in [1.29, 1.82) is 0 Å². The first-order valence-corrected chi connectivity index (χ1v) is 7.16. The second-order valence-corrected chi connectivity index (χ2v) is 4.98. The van der Waals surface area contributed by atoms with Gasteiger partial charge in [-0.25, -0.2) is 4.98 Å². The molecule has 0 bridgehead atoms. The molecule has 0 saturated carbocycles. The molecule has 2 rings (SSSR count). The van der Waals surface area contributed by atoms with Crippen molar-refractivity contribution in [3.8, 4) is 0 Å². The lowest BCUT2D eigenvalue weighted by atomic mass is 10.0. The van der Waals surface area contributed by atoms with Gasteiger partial charge in [0.1, 0.15) is 5.82 Å². The highest BCUT2D eigenvalue weighted by Gasteiger charge is 2.14. The molecule has 0 aliphatic heterocycles. The Kier molecular flexibility index (Phi) is 4.93. The minimum absolute atomic E-state index is 0.0187. The lowest BCUT2D eigenvalue weighted by molar-refractivity contribution is 0.0935. The summed E-state index contributed by atoms with van der Waals surface area (Å²) < 4.78 is 0. The van der Waals surface area contributed by atoms with E-state index in [0.29, 0.717) is 11.4 Å². The maximum Gasteiger partial charge on any atom is 0.251 e. The van der Waals surface area contributed by atoms with Gasteiger partial charge in [0.2, 0.25) is 0 Å². The van der Waals surface area contributed by atoms with Crippen LogP contribution < -0.4 is 10.6 Å². The van der Waals surface area contributed by atoms with Gasteiger partial charge in [-0.1, -0.05) is 37.3 Å². The molecule has 1 amide bonds. The Labute approximate surface area is 125 Å². The second-order valence-electron chi connectivity index (χ2n) is 4.98. The van der Waals surface area contributed by atoms with Crippen LogP contribution in [0.5, 0.6) is 0 Å². The molecule has 4 nitrogen and oxygen atoms in total. The zero-order chi connectivity index (χ0) is 15.2. The lowest BCUT2D eigenvalue weighted by Gasteiger charge is -2.18. The summed E-state index contributed by atoms with van der Waals surface area (Å²) in [7, 11) is 1.79. The van der Waals surface area contributed by atoms with Crippen LogP contribution in [0, 0.1) is 6.92 Å². The number of nitrogens with one attached hydrogen (secondary N) is 2. The first-order valence-electron chi connectivity index (χ1n) is 7.16. The fraction of sp³-hybridized carbons (Fsp3) is 0.294. The quantitative estimate of drug-likeness (QED) is 0.885.